The van der Waals surface area contributed by atoms with Gasteiger partial charge >= 0.3 is 5.97 Å². The van der Waals surface area contributed by atoms with Gasteiger partial charge < -0.3 is 15.2 Å². The fourth-order valence-corrected chi connectivity index (χ4v) is 2.59. The third-order valence-electron chi connectivity index (χ3n) is 3.81. The predicted octanol–water partition coefficient (Wildman–Crippen LogP) is 1.49. The van der Waals surface area contributed by atoms with Crippen molar-refractivity contribution >= 4 is 23.3 Å². The molecule has 1 amide bonds. The number of Topliss-reactive ketones (excluding diaryl/α,β-unsaturated/α-hetero) is 1. The minimum Gasteiger partial charge on any atom is -0.452 e. The van der Waals surface area contributed by atoms with Gasteiger partial charge in [-0.2, -0.15) is 5.10 Å². The normalized spacial score (nSPS) is 10.5. The molecule has 2 N–H and O–H groups in total. The van der Waals surface area contributed by atoms with Crippen LogP contribution in [0.15, 0.2) is 24.3 Å². The molecule has 2 aromatic rings. The van der Waals surface area contributed by atoms with E-state index in [9.17, 15) is 14.4 Å². The molecule has 0 aliphatic heterocycles. The molecule has 0 spiro atoms. The minimum absolute atomic E-state index is 0.103. The van der Waals surface area contributed by atoms with Crippen LogP contribution in [-0.4, -0.2) is 45.8 Å². The van der Waals surface area contributed by atoms with Gasteiger partial charge in [0.15, 0.2) is 12.4 Å². The van der Waals surface area contributed by atoms with E-state index in [1.165, 1.54) is 11.6 Å². The number of anilines is 1. The Morgan fingerprint density at radius 1 is 1.23 bits per heavy atom. The van der Waals surface area contributed by atoms with E-state index >= 15 is 0 Å². The monoisotopic (exact) mass is 359 g/mol. The number of ether oxygens (including phenoxy) is 1. The first-order valence-electron chi connectivity index (χ1n) is 8.07. The summed E-state index contributed by atoms with van der Waals surface area (Å²) < 4.78 is 6.57. The lowest BCUT2D eigenvalue weighted by molar-refractivity contribution is -0.119. The Labute approximate surface area is 150 Å². The van der Waals surface area contributed by atoms with Crippen LogP contribution in [0.4, 0.5) is 5.69 Å². The fraction of sp³-hybridized carbons (Fsp3) is 0.333. The summed E-state index contributed by atoms with van der Waals surface area (Å²) in [5.41, 5.74) is 2.04. The second kappa shape index (κ2) is 8.39. The Hall–Kier alpha value is -3.00. The Kier molecular flexibility index (Phi) is 6.24. The van der Waals surface area contributed by atoms with Gasteiger partial charge in [0.05, 0.1) is 30.2 Å². The molecule has 0 aliphatic carbocycles. The molecule has 0 aliphatic rings. The number of hydrogen-bond donors (Lipinski definition) is 2. The number of amides is 1. The van der Waals surface area contributed by atoms with Crippen LogP contribution >= 0.6 is 0 Å². The van der Waals surface area contributed by atoms with Crippen molar-refractivity contribution in [3.05, 3.63) is 46.8 Å². The van der Waals surface area contributed by atoms with Gasteiger partial charge in [-0.3, -0.25) is 14.3 Å². The number of hydrogen-bond acceptors (Lipinski definition) is 6. The van der Waals surface area contributed by atoms with Crippen molar-refractivity contribution in [2.75, 3.05) is 18.5 Å². The molecular weight excluding hydrogens is 338 g/mol. The van der Waals surface area contributed by atoms with E-state index in [4.69, 9.17) is 9.84 Å². The van der Waals surface area contributed by atoms with Gasteiger partial charge in [-0.15, -0.1) is 0 Å². The molecule has 0 saturated carbocycles. The van der Waals surface area contributed by atoms with E-state index in [1.807, 2.05) is 0 Å². The number of benzene rings is 1. The van der Waals surface area contributed by atoms with Gasteiger partial charge in [-0.05, 0) is 32.9 Å². The number of aryl methyl sites for hydroxylation is 1. The van der Waals surface area contributed by atoms with Crippen molar-refractivity contribution in [2.24, 2.45) is 0 Å². The van der Waals surface area contributed by atoms with E-state index in [2.05, 4.69) is 10.4 Å². The zero-order valence-corrected chi connectivity index (χ0v) is 14.9. The number of nitrogens with zero attached hydrogens (tertiary/aromatic N) is 2. The molecule has 0 unspecified atom stereocenters. The molecule has 1 aromatic carbocycles. The van der Waals surface area contributed by atoms with Gasteiger partial charge in [0.1, 0.15) is 5.56 Å². The van der Waals surface area contributed by atoms with E-state index in [0.717, 1.165) is 0 Å². The average molecular weight is 359 g/mol. The average Bonchev–Trinajstić information content (AvgIpc) is 2.87. The number of rotatable bonds is 7. The summed E-state index contributed by atoms with van der Waals surface area (Å²) in [4.78, 5) is 35.9. The highest BCUT2D eigenvalue weighted by Crippen LogP contribution is 2.16. The van der Waals surface area contributed by atoms with Crippen molar-refractivity contribution in [1.82, 2.24) is 9.78 Å². The summed E-state index contributed by atoms with van der Waals surface area (Å²) in [5.74, 6) is -1.40. The predicted molar refractivity (Wildman–Crippen MR) is 94.1 cm³/mol. The standard InChI is InChI=1S/C18H21N3O5/c1-11-17(12(2)21(20-11)8-9-22)18(25)26-10-16(24)19-15-7-5-4-6-14(15)13(3)23/h4-7,22H,8-10H2,1-3H3,(H,19,24). The van der Waals surface area contributed by atoms with Crippen molar-refractivity contribution in [3.8, 4) is 0 Å². The summed E-state index contributed by atoms with van der Waals surface area (Å²) in [6, 6.07) is 6.59. The Balaban J connectivity index is 2.02. The molecule has 0 saturated heterocycles. The molecule has 0 fully saturated rings. The van der Waals surface area contributed by atoms with Crippen LogP contribution in [0.1, 0.15) is 39.0 Å². The number of aromatic nitrogens is 2. The third kappa shape index (κ3) is 4.34. The van der Waals surface area contributed by atoms with Crippen molar-refractivity contribution in [2.45, 2.75) is 27.3 Å². The SMILES string of the molecule is CC(=O)c1ccccc1NC(=O)COC(=O)c1c(C)nn(CCO)c1C. The number of aliphatic hydroxyl groups excluding tert-OH is 1. The first-order valence-corrected chi connectivity index (χ1v) is 8.07. The number of nitrogens with one attached hydrogen (secondary N) is 1. The maximum absolute atomic E-state index is 12.3. The molecule has 8 heteroatoms. The lowest BCUT2D eigenvalue weighted by atomic mass is 10.1. The maximum Gasteiger partial charge on any atom is 0.342 e. The number of para-hydroxylation sites is 1. The minimum atomic E-state index is -0.667. The zero-order chi connectivity index (χ0) is 19.3. The fourth-order valence-electron chi connectivity index (χ4n) is 2.59. The number of esters is 1. The molecule has 1 aromatic heterocycles. The maximum atomic E-state index is 12.3. The van der Waals surface area contributed by atoms with Gasteiger partial charge in [0, 0.05) is 5.56 Å². The van der Waals surface area contributed by atoms with Crippen LogP contribution in [0.25, 0.3) is 0 Å². The zero-order valence-electron chi connectivity index (χ0n) is 14.9. The largest absolute Gasteiger partial charge is 0.452 e. The van der Waals surface area contributed by atoms with Crippen LogP contribution in [0.2, 0.25) is 0 Å². The molecule has 138 valence electrons. The Morgan fingerprint density at radius 2 is 1.92 bits per heavy atom. The van der Waals surface area contributed by atoms with Crippen LogP contribution in [0, 0.1) is 13.8 Å². The number of carbonyl (C=O) groups excluding carboxylic acids is 3. The van der Waals surface area contributed by atoms with E-state index < -0.39 is 18.5 Å². The van der Waals surface area contributed by atoms with Crippen molar-refractivity contribution in [1.29, 1.82) is 0 Å². The van der Waals surface area contributed by atoms with Crippen molar-refractivity contribution in [3.63, 3.8) is 0 Å². The number of carbonyl (C=O) groups is 3. The van der Waals surface area contributed by atoms with E-state index in [-0.39, 0.29) is 24.5 Å². The van der Waals surface area contributed by atoms with Crippen LogP contribution in [0.5, 0.6) is 0 Å². The van der Waals surface area contributed by atoms with Crippen LogP contribution < -0.4 is 5.32 Å². The van der Waals surface area contributed by atoms with E-state index in [0.29, 0.717) is 22.6 Å². The number of aliphatic hydroxyl groups is 1. The molecule has 26 heavy (non-hydrogen) atoms. The first-order chi connectivity index (χ1) is 12.3. The lowest BCUT2D eigenvalue weighted by Crippen LogP contribution is -2.22. The summed E-state index contributed by atoms with van der Waals surface area (Å²) in [5, 5.41) is 15.7. The third-order valence-corrected chi connectivity index (χ3v) is 3.81. The Bertz CT molecular complexity index is 841. The quantitative estimate of drug-likeness (QED) is 0.572. The summed E-state index contributed by atoms with van der Waals surface area (Å²) in [6.45, 7) is 4.42. The highest BCUT2D eigenvalue weighted by atomic mass is 16.5. The summed E-state index contributed by atoms with van der Waals surface area (Å²) in [7, 11) is 0. The summed E-state index contributed by atoms with van der Waals surface area (Å²) >= 11 is 0. The second-order valence-corrected chi connectivity index (χ2v) is 5.72. The van der Waals surface area contributed by atoms with Crippen molar-refractivity contribution < 1.29 is 24.2 Å². The Morgan fingerprint density at radius 3 is 2.58 bits per heavy atom. The molecule has 2 rings (SSSR count). The van der Waals surface area contributed by atoms with Crippen LogP contribution in [-0.2, 0) is 16.1 Å². The molecule has 8 nitrogen and oxygen atoms in total. The topological polar surface area (TPSA) is 111 Å². The lowest BCUT2D eigenvalue weighted by Gasteiger charge is -2.09. The van der Waals surface area contributed by atoms with Crippen LogP contribution in [0.3, 0.4) is 0 Å². The molecule has 0 atom stereocenters. The smallest absolute Gasteiger partial charge is 0.342 e. The highest BCUT2D eigenvalue weighted by Gasteiger charge is 2.21. The first kappa shape index (κ1) is 19.3. The van der Waals surface area contributed by atoms with Gasteiger partial charge in [0.25, 0.3) is 5.91 Å². The number of ketones is 1. The highest BCUT2D eigenvalue weighted by molar-refractivity contribution is 6.04. The van der Waals surface area contributed by atoms with Gasteiger partial charge in [0.2, 0.25) is 0 Å². The van der Waals surface area contributed by atoms with Gasteiger partial charge in [-0.25, -0.2) is 4.79 Å². The summed E-state index contributed by atoms with van der Waals surface area (Å²) in [6.07, 6.45) is 0. The van der Waals surface area contributed by atoms with E-state index in [1.54, 1.807) is 38.1 Å². The second-order valence-electron chi connectivity index (χ2n) is 5.72. The molecule has 0 bridgehead atoms. The molecular formula is C18H21N3O5. The molecule has 0 radical (unpaired) electrons. The molecule has 1 heterocycles. The van der Waals surface area contributed by atoms with Gasteiger partial charge in [-0.1, -0.05) is 12.1 Å².